The summed E-state index contributed by atoms with van der Waals surface area (Å²) < 4.78 is 2.20. The lowest BCUT2D eigenvalue weighted by Crippen LogP contribution is -3.14. The Morgan fingerprint density at radius 1 is 1.04 bits per heavy atom. The number of aliphatic hydroxyl groups excluding tert-OH is 1. The Morgan fingerprint density at radius 2 is 1.58 bits per heavy atom. The quantitative estimate of drug-likeness (QED) is 0.696. The lowest BCUT2D eigenvalue weighted by atomic mass is 9.99. The Balaban J connectivity index is 1.64. The first-order valence-electron chi connectivity index (χ1n) is 9.40. The molecule has 5 heteroatoms. The van der Waals surface area contributed by atoms with Gasteiger partial charge in [-0.3, -0.25) is 0 Å². The predicted octanol–water partition coefficient (Wildman–Crippen LogP) is 3.78. The van der Waals surface area contributed by atoms with E-state index in [9.17, 15) is 5.11 Å². The van der Waals surface area contributed by atoms with E-state index >= 15 is 0 Å². The number of rotatable bonds is 4. The molecular formula is C21H25Cl2N2O+. The van der Waals surface area contributed by atoms with E-state index in [0.29, 0.717) is 16.6 Å². The van der Waals surface area contributed by atoms with E-state index in [2.05, 4.69) is 11.5 Å². The summed E-state index contributed by atoms with van der Waals surface area (Å²) in [4.78, 5) is 1.52. The van der Waals surface area contributed by atoms with Gasteiger partial charge in [0.2, 0.25) is 0 Å². The first-order chi connectivity index (χ1) is 12.5. The number of piperidine rings is 1. The standard InChI is InChI=1S/C21H24Cl2N2O/c1-14-6-8-24(9-7-14)12-17(26)13-25-20-4-2-15(22)10-18(20)19-11-16(23)3-5-21(19)25/h2-5,10-11,14,17,26H,6-9,12-13H2,1H3/p+1/t17-/m0/s1. The van der Waals surface area contributed by atoms with Crippen LogP contribution in [0.2, 0.25) is 10.0 Å². The van der Waals surface area contributed by atoms with Crippen LogP contribution in [-0.2, 0) is 6.54 Å². The van der Waals surface area contributed by atoms with Gasteiger partial charge in [-0.05, 0) is 55.2 Å². The molecule has 0 bridgehead atoms. The van der Waals surface area contributed by atoms with E-state index in [1.807, 2.05) is 36.4 Å². The zero-order valence-electron chi connectivity index (χ0n) is 15.0. The van der Waals surface area contributed by atoms with Crippen LogP contribution in [0.3, 0.4) is 0 Å². The fourth-order valence-corrected chi connectivity index (χ4v) is 4.57. The molecule has 0 saturated carbocycles. The Hall–Kier alpha value is -1.26. The number of fused-ring (bicyclic) bond motifs is 3. The molecule has 3 aromatic rings. The number of hydrogen-bond donors (Lipinski definition) is 2. The molecule has 1 aliphatic rings. The molecule has 0 aliphatic carbocycles. The fraction of sp³-hybridized carbons (Fsp3) is 0.429. The van der Waals surface area contributed by atoms with Gasteiger partial charge < -0.3 is 14.6 Å². The third-order valence-corrected chi connectivity index (χ3v) is 6.16. The Labute approximate surface area is 164 Å². The van der Waals surface area contributed by atoms with Gasteiger partial charge in [-0.2, -0.15) is 0 Å². The van der Waals surface area contributed by atoms with Gasteiger partial charge in [0.1, 0.15) is 12.6 Å². The van der Waals surface area contributed by atoms with Crippen molar-refractivity contribution in [1.29, 1.82) is 0 Å². The fourth-order valence-electron chi connectivity index (χ4n) is 4.23. The minimum Gasteiger partial charge on any atom is -0.385 e. The molecule has 1 aliphatic heterocycles. The smallest absolute Gasteiger partial charge is 0.121 e. The van der Waals surface area contributed by atoms with E-state index in [1.165, 1.54) is 17.7 Å². The number of benzene rings is 2. The lowest BCUT2D eigenvalue weighted by molar-refractivity contribution is -0.909. The molecule has 4 rings (SSSR count). The van der Waals surface area contributed by atoms with E-state index in [1.54, 1.807) is 0 Å². The summed E-state index contributed by atoms with van der Waals surface area (Å²) in [6.07, 6.45) is 2.15. The van der Waals surface area contributed by atoms with Crippen molar-refractivity contribution >= 4 is 45.0 Å². The molecule has 1 atom stereocenters. The molecule has 1 fully saturated rings. The average Bonchev–Trinajstić information content (AvgIpc) is 2.89. The maximum absolute atomic E-state index is 10.8. The first-order valence-corrected chi connectivity index (χ1v) is 10.2. The highest BCUT2D eigenvalue weighted by Crippen LogP contribution is 2.32. The minimum atomic E-state index is -0.372. The zero-order valence-corrected chi connectivity index (χ0v) is 16.5. The Morgan fingerprint density at radius 3 is 2.12 bits per heavy atom. The Bertz CT molecular complexity index is 869. The monoisotopic (exact) mass is 391 g/mol. The molecule has 0 amide bonds. The summed E-state index contributed by atoms with van der Waals surface area (Å²) in [5.74, 6) is 0.822. The van der Waals surface area contributed by atoms with Crippen molar-refractivity contribution in [3.05, 3.63) is 46.4 Å². The molecule has 3 nitrogen and oxygen atoms in total. The molecule has 1 aromatic heterocycles. The molecule has 2 N–H and O–H groups in total. The molecule has 1 saturated heterocycles. The van der Waals surface area contributed by atoms with Gasteiger partial charge in [-0.25, -0.2) is 0 Å². The highest BCUT2D eigenvalue weighted by atomic mass is 35.5. The van der Waals surface area contributed by atoms with Crippen LogP contribution >= 0.6 is 23.2 Å². The van der Waals surface area contributed by atoms with Crippen molar-refractivity contribution in [2.45, 2.75) is 32.4 Å². The van der Waals surface area contributed by atoms with Crippen molar-refractivity contribution in [2.24, 2.45) is 5.92 Å². The third kappa shape index (κ3) is 3.59. The predicted molar refractivity (Wildman–Crippen MR) is 109 cm³/mol. The van der Waals surface area contributed by atoms with Crippen LogP contribution in [0.1, 0.15) is 19.8 Å². The summed E-state index contributed by atoms with van der Waals surface area (Å²) in [7, 11) is 0. The summed E-state index contributed by atoms with van der Waals surface area (Å²) in [6, 6.07) is 11.8. The van der Waals surface area contributed by atoms with Crippen LogP contribution in [-0.4, -0.2) is 35.4 Å². The second kappa shape index (κ2) is 7.40. The maximum Gasteiger partial charge on any atom is 0.121 e. The normalized spacial score (nSPS) is 22.2. The van der Waals surface area contributed by atoms with Crippen LogP contribution < -0.4 is 4.90 Å². The van der Waals surface area contributed by atoms with Gasteiger partial charge in [0.25, 0.3) is 0 Å². The largest absolute Gasteiger partial charge is 0.385 e. The van der Waals surface area contributed by atoms with Crippen LogP contribution in [0.4, 0.5) is 0 Å². The zero-order chi connectivity index (χ0) is 18.3. The number of quaternary nitrogens is 1. The van der Waals surface area contributed by atoms with Crippen LogP contribution in [0.5, 0.6) is 0 Å². The van der Waals surface area contributed by atoms with Crippen LogP contribution in [0.15, 0.2) is 36.4 Å². The summed E-state index contributed by atoms with van der Waals surface area (Å²) >= 11 is 12.4. The van der Waals surface area contributed by atoms with E-state index < -0.39 is 0 Å². The van der Waals surface area contributed by atoms with Gasteiger partial charge in [-0.15, -0.1) is 0 Å². The number of likely N-dealkylation sites (tertiary alicyclic amines) is 1. The Kier molecular flexibility index (Phi) is 5.15. The van der Waals surface area contributed by atoms with Crippen molar-refractivity contribution < 1.29 is 10.0 Å². The van der Waals surface area contributed by atoms with Crippen molar-refractivity contribution in [1.82, 2.24) is 4.57 Å². The van der Waals surface area contributed by atoms with Gasteiger partial charge in [0, 0.05) is 31.9 Å². The van der Waals surface area contributed by atoms with Crippen molar-refractivity contribution in [3.63, 3.8) is 0 Å². The second-order valence-corrected chi connectivity index (χ2v) is 8.60. The van der Waals surface area contributed by atoms with Gasteiger partial charge in [0.15, 0.2) is 0 Å². The molecule has 0 radical (unpaired) electrons. The molecule has 0 spiro atoms. The topological polar surface area (TPSA) is 29.6 Å². The molecular weight excluding hydrogens is 367 g/mol. The minimum absolute atomic E-state index is 0.372. The number of nitrogens with one attached hydrogen (secondary N) is 1. The number of halogens is 2. The SMILES string of the molecule is CC1CC[NH+](C[C@H](O)Cn2c3ccc(Cl)cc3c3cc(Cl)ccc32)CC1. The van der Waals surface area contributed by atoms with E-state index in [-0.39, 0.29) is 6.10 Å². The third-order valence-electron chi connectivity index (χ3n) is 5.69. The van der Waals surface area contributed by atoms with Crippen LogP contribution in [0, 0.1) is 5.92 Å². The number of aromatic nitrogens is 1. The van der Waals surface area contributed by atoms with Crippen molar-refractivity contribution in [2.75, 3.05) is 19.6 Å². The number of hydrogen-bond acceptors (Lipinski definition) is 1. The summed E-state index contributed by atoms with van der Waals surface area (Å²) in [5.41, 5.74) is 2.18. The molecule has 2 heterocycles. The first kappa shape index (κ1) is 18.1. The number of nitrogens with zero attached hydrogens (tertiary/aromatic N) is 1. The molecule has 26 heavy (non-hydrogen) atoms. The maximum atomic E-state index is 10.8. The van der Waals surface area contributed by atoms with E-state index in [4.69, 9.17) is 23.2 Å². The summed E-state index contributed by atoms with van der Waals surface area (Å²) in [6.45, 7) is 6.03. The second-order valence-electron chi connectivity index (χ2n) is 7.72. The van der Waals surface area contributed by atoms with Gasteiger partial charge >= 0.3 is 0 Å². The van der Waals surface area contributed by atoms with Gasteiger partial charge in [0.05, 0.1) is 19.6 Å². The molecule has 0 unspecified atom stereocenters. The molecule has 138 valence electrons. The van der Waals surface area contributed by atoms with Crippen molar-refractivity contribution in [3.8, 4) is 0 Å². The van der Waals surface area contributed by atoms with Crippen LogP contribution in [0.25, 0.3) is 21.8 Å². The number of aliphatic hydroxyl groups is 1. The highest BCUT2D eigenvalue weighted by molar-refractivity contribution is 6.33. The molecule has 2 aromatic carbocycles. The van der Waals surface area contributed by atoms with Gasteiger partial charge in [-0.1, -0.05) is 30.1 Å². The highest BCUT2D eigenvalue weighted by Gasteiger charge is 2.23. The average molecular weight is 392 g/mol. The van der Waals surface area contributed by atoms with E-state index in [0.717, 1.165) is 47.4 Å². The summed E-state index contributed by atoms with van der Waals surface area (Å²) in [5, 5.41) is 14.4. The lowest BCUT2D eigenvalue weighted by Gasteiger charge is -2.29.